The van der Waals surface area contributed by atoms with Crippen LogP contribution in [0.4, 0.5) is 0 Å². The molecule has 0 unspecified atom stereocenters. The van der Waals surface area contributed by atoms with E-state index in [0.29, 0.717) is 24.3 Å². The minimum Gasteiger partial charge on any atom is -0.480 e. The summed E-state index contributed by atoms with van der Waals surface area (Å²) >= 11 is 1.17. The maximum atomic E-state index is 12.2. The van der Waals surface area contributed by atoms with Gasteiger partial charge in [-0.15, -0.1) is 11.3 Å². The highest BCUT2D eigenvalue weighted by molar-refractivity contribution is 7.12. The highest BCUT2D eigenvalue weighted by Gasteiger charge is 2.54. The van der Waals surface area contributed by atoms with Crippen LogP contribution in [0.5, 0.6) is 0 Å². The van der Waals surface area contributed by atoms with Crippen molar-refractivity contribution >= 4 is 35.1 Å². The predicted molar refractivity (Wildman–Crippen MR) is 80.3 cm³/mol. The summed E-state index contributed by atoms with van der Waals surface area (Å²) in [4.78, 5) is 40.6. The van der Waals surface area contributed by atoms with Crippen LogP contribution in [0.3, 0.4) is 0 Å². The molecule has 0 bridgehead atoms. The van der Waals surface area contributed by atoms with Crippen LogP contribution in [0, 0.1) is 5.92 Å². The monoisotopic (exact) mass is 324 g/mol. The summed E-state index contributed by atoms with van der Waals surface area (Å²) in [6, 6.07) is 2.11. The van der Waals surface area contributed by atoms with Gasteiger partial charge in [-0.25, -0.2) is 4.79 Å². The molecule has 1 aliphatic rings. The second kappa shape index (κ2) is 6.56. The molecule has 2 atom stereocenters. The minimum absolute atomic E-state index is 0.0516. The normalized spacial score (nSPS) is 20.4. The van der Waals surface area contributed by atoms with E-state index in [-0.39, 0.29) is 5.96 Å². The smallest absolute Gasteiger partial charge is 0.327 e. The van der Waals surface area contributed by atoms with Crippen molar-refractivity contribution in [2.75, 3.05) is 6.54 Å². The van der Waals surface area contributed by atoms with Crippen LogP contribution in [-0.4, -0.2) is 46.3 Å². The number of carbonyl (C=O) groups excluding carboxylic acids is 2. The highest BCUT2D eigenvalue weighted by Crippen LogP contribution is 2.33. The first kappa shape index (κ1) is 16.0. The third-order valence-corrected chi connectivity index (χ3v) is 4.24. The fraction of sp³-hybridized carbons (Fsp3) is 0.385. The molecule has 118 valence electrons. The fourth-order valence-corrected chi connectivity index (χ4v) is 3.04. The Morgan fingerprint density at radius 2 is 2.14 bits per heavy atom. The van der Waals surface area contributed by atoms with Crippen molar-refractivity contribution in [2.45, 2.75) is 18.9 Å². The Hall–Kier alpha value is -2.42. The van der Waals surface area contributed by atoms with Gasteiger partial charge in [0.15, 0.2) is 5.96 Å². The molecule has 1 aliphatic heterocycles. The Labute approximate surface area is 130 Å². The van der Waals surface area contributed by atoms with Crippen LogP contribution < -0.4 is 11.5 Å². The van der Waals surface area contributed by atoms with E-state index in [1.165, 1.54) is 11.3 Å². The predicted octanol–water partition coefficient (Wildman–Crippen LogP) is -0.146. The van der Waals surface area contributed by atoms with Crippen LogP contribution in [0.2, 0.25) is 0 Å². The van der Waals surface area contributed by atoms with Gasteiger partial charge < -0.3 is 16.6 Å². The Morgan fingerprint density at radius 1 is 1.41 bits per heavy atom. The maximum Gasteiger partial charge on any atom is 0.327 e. The van der Waals surface area contributed by atoms with E-state index in [2.05, 4.69) is 4.99 Å². The minimum atomic E-state index is -1.18. The molecular weight excluding hydrogens is 308 g/mol. The van der Waals surface area contributed by atoms with E-state index in [9.17, 15) is 19.5 Å². The van der Waals surface area contributed by atoms with Crippen LogP contribution in [-0.2, 0) is 9.59 Å². The summed E-state index contributed by atoms with van der Waals surface area (Å²) < 4.78 is 0. The van der Waals surface area contributed by atoms with Crippen molar-refractivity contribution in [3.05, 3.63) is 22.4 Å². The summed E-state index contributed by atoms with van der Waals surface area (Å²) in [5.74, 6) is -2.97. The second-order valence-corrected chi connectivity index (χ2v) is 5.78. The Morgan fingerprint density at radius 3 is 2.68 bits per heavy atom. The molecule has 2 heterocycles. The second-order valence-electron chi connectivity index (χ2n) is 4.83. The zero-order valence-corrected chi connectivity index (χ0v) is 12.5. The van der Waals surface area contributed by atoms with Crippen molar-refractivity contribution in [3.8, 4) is 0 Å². The van der Waals surface area contributed by atoms with E-state index < -0.39 is 29.7 Å². The number of nitrogens with two attached hydrogens (primary N) is 2. The number of carboxylic acids is 1. The zero-order chi connectivity index (χ0) is 16.3. The summed E-state index contributed by atoms with van der Waals surface area (Å²) in [5, 5.41) is 11.0. The van der Waals surface area contributed by atoms with E-state index in [1.807, 2.05) is 0 Å². The lowest BCUT2D eigenvalue weighted by Crippen LogP contribution is -2.66. The SMILES string of the molecule is NC(N)=NCCC[C@H]1C(=O)N(C(=O)c2cccs2)[C@@H]1C(=O)O. The first-order valence-corrected chi connectivity index (χ1v) is 7.50. The largest absolute Gasteiger partial charge is 0.480 e. The number of β-lactam (4-membered cyclic amide) rings is 1. The number of aliphatic carboxylic acids is 1. The first-order chi connectivity index (χ1) is 10.4. The molecule has 0 aliphatic carbocycles. The molecule has 2 amide bonds. The number of amides is 2. The number of hydrogen-bond acceptors (Lipinski definition) is 5. The number of guanidine groups is 1. The van der Waals surface area contributed by atoms with Crippen molar-refractivity contribution in [1.29, 1.82) is 0 Å². The van der Waals surface area contributed by atoms with E-state index in [1.54, 1.807) is 17.5 Å². The van der Waals surface area contributed by atoms with Gasteiger partial charge in [-0.3, -0.25) is 19.5 Å². The molecule has 22 heavy (non-hydrogen) atoms. The molecule has 1 aromatic rings. The number of carbonyl (C=O) groups is 3. The quantitative estimate of drug-likeness (QED) is 0.219. The van der Waals surface area contributed by atoms with Gasteiger partial charge in [-0.1, -0.05) is 6.07 Å². The summed E-state index contributed by atoms with van der Waals surface area (Å²) in [7, 11) is 0. The third kappa shape index (κ3) is 3.08. The maximum absolute atomic E-state index is 12.2. The van der Waals surface area contributed by atoms with Gasteiger partial charge in [0.2, 0.25) is 5.91 Å². The number of carboxylic acid groups (broad SMARTS) is 1. The van der Waals surface area contributed by atoms with Gasteiger partial charge in [-0.2, -0.15) is 0 Å². The van der Waals surface area contributed by atoms with Crippen molar-refractivity contribution in [1.82, 2.24) is 4.90 Å². The molecule has 0 radical (unpaired) electrons. The van der Waals surface area contributed by atoms with Gasteiger partial charge in [0, 0.05) is 6.54 Å². The summed E-state index contributed by atoms with van der Waals surface area (Å²) in [6.07, 6.45) is 0.792. The molecule has 1 fully saturated rings. The molecule has 1 saturated heterocycles. The molecule has 0 spiro atoms. The van der Waals surface area contributed by atoms with Gasteiger partial charge in [-0.05, 0) is 24.3 Å². The molecule has 1 aromatic heterocycles. The number of hydrogen-bond donors (Lipinski definition) is 3. The van der Waals surface area contributed by atoms with Crippen molar-refractivity contribution in [3.63, 3.8) is 0 Å². The van der Waals surface area contributed by atoms with Gasteiger partial charge in [0.25, 0.3) is 5.91 Å². The number of thiophene rings is 1. The number of imide groups is 1. The highest BCUT2D eigenvalue weighted by atomic mass is 32.1. The van der Waals surface area contributed by atoms with Crippen LogP contribution >= 0.6 is 11.3 Å². The van der Waals surface area contributed by atoms with Crippen LogP contribution in [0.1, 0.15) is 22.5 Å². The Balaban J connectivity index is 2.02. The number of rotatable bonds is 6. The molecule has 0 aromatic carbocycles. The number of aliphatic imine (C=N–C) groups is 1. The molecule has 9 heteroatoms. The number of likely N-dealkylation sites (tertiary alicyclic amines) is 1. The fourth-order valence-electron chi connectivity index (χ4n) is 2.38. The molecule has 2 rings (SSSR count). The zero-order valence-electron chi connectivity index (χ0n) is 11.6. The lowest BCUT2D eigenvalue weighted by molar-refractivity contribution is -0.166. The standard InChI is InChI=1S/C13H16N4O4S/c14-13(15)16-5-1-3-7-9(12(20)21)17(10(7)18)11(19)8-4-2-6-22-8/h2,4,6-7,9H,1,3,5H2,(H,20,21)(H4,14,15,16)/t7-,9+/m1/s1. The first-order valence-electron chi connectivity index (χ1n) is 6.62. The summed E-state index contributed by atoms with van der Waals surface area (Å²) in [5.41, 5.74) is 10.4. The van der Waals surface area contributed by atoms with E-state index >= 15 is 0 Å². The molecule has 8 nitrogen and oxygen atoms in total. The molecular formula is C13H16N4O4S. The van der Waals surface area contributed by atoms with Gasteiger partial charge in [0.1, 0.15) is 6.04 Å². The average Bonchev–Trinajstić information content (AvgIpc) is 2.97. The lowest BCUT2D eigenvalue weighted by atomic mass is 9.83. The van der Waals surface area contributed by atoms with Crippen LogP contribution in [0.15, 0.2) is 22.5 Å². The van der Waals surface area contributed by atoms with E-state index in [4.69, 9.17) is 11.5 Å². The average molecular weight is 324 g/mol. The summed E-state index contributed by atoms with van der Waals surface area (Å²) in [6.45, 7) is 0.317. The Bertz CT molecular complexity index is 610. The van der Waals surface area contributed by atoms with Gasteiger partial charge in [0.05, 0.1) is 10.8 Å². The Kier molecular flexibility index (Phi) is 4.76. The third-order valence-electron chi connectivity index (χ3n) is 3.39. The number of nitrogens with zero attached hydrogens (tertiary/aromatic N) is 2. The van der Waals surface area contributed by atoms with Gasteiger partial charge >= 0.3 is 5.97 Å². The van der Waals surface area contributed by atoms with Crippen molar-refractivity contribution < 1.29 is 19.5 Å². The van der Waals surface area contributed by atoms with Crippen molar-refractivity contribution in [2.24, 2.45) is 22.4 Å². The van der Waals surface area contributed by atoms with Crippen LogP contribution in [0.25, 0.3) is 0 Å². The molecule has 0 saturated carbocycles. The van der Waals surface area contributed by atoms with E-state index in [0.717, 1.165) is 4.90 Å². The topological polar surface area (TPSA) is 139 Å². The lowest BCUT2D eigenvalue weighted by Gasteiger charge is -2.42. The molecule has 5 N–H and O–H groups in total.